The third-order valence-electron chi connectivity index (χ3n) is 3.28. The van der Waals surface area contributed by atoms with Crippen LogP contribution >= 0.6 is 11.3 Å². The van der Waals surface area contributed by atoms with Crippen molar-refractivity contribution in [3.8, 4) is 0 Å². The van der Waals surface area contributed by atoms with Crippen molar-refractivity contribution < 1.29 is 4.79 Å². The minimum atomic E-state index is 0.147. The standard InChI is InChI=1S/C12H19N3OS/c1-8-4-6-15(7-5-8)11(16)10-9(2)14-12(13-3)17-10/h8H,4-7H2,1-3H3,(H,13,14). The zero-order chi connectivity index (χ0) is 12.4. The van der Waals surface area contributed by atoms with Crippen molar-refractivity contribution >= 4 is 22.4 Å². The molecule has 0 bridgehead atoms. The van der Waals surface area contributed by atoms with Crippen LogP contribution in [-0.2, 0) is 0 Å². The lowest BCUT2D eigenvalue weighted by Crippen LogP contribution is -2.37. The minimum absolute atomic E-state index is 0.147. The van der Waals surface area contributed by atoms with E-state index < -0.39 is 0 Å². The molecular formula is C12H19N3OS. The molecule has 5 heteroatoms. The second-order valence-electron chi connectivity index (χ2n) is 4.66. The molecule has 4 nitrogen and oxygen atoms in total. The van der Waals surface area contributed by atoms with Crippen molar-refractivity contribution in [2.75, 3.05) is 25.5 Å². The second-order valence-corrected chi connectivity index (χ2v) is 5.66. The van der Waals surface area contributed by atoms with E-state index in [1.54, 1.807) is 0 Å². The highest BCUT2D eigenvalue weighted by Crippen LogP contribution is 2.25. The molecule has 0 saturated carbocycles. The predicted molar refractivity (Wildman–Crippen MR) is 70.7 cm³/mol. The highest BCUT2D eigenvalue weighted by molar-refractivity contribution is 7.17. The SMILES string of the molecule is CNc1nc(C)c(C(=O)N2CCC(C)CC2)s1. The van der Waals surface area contributed by atoms with Gasteiger partial charge in [0.05, 0.1) is 5.69 Å². The van der Waals surface area contributed by atoms with Gasteiger partial charge < -0.3 is 10.2 Å². The van der Waals surface area contributed by atoms with Crippen LogP contribution in [0.15, 0.2) is 0 Å². The van der Waals surface area contributed by atoms with Crippen LogP contribution in [0.1, 0.15) is 35.1 Å². The largest absolute Gasteiger partial charge is 0.365 e. The number of likely N-dealkylation sites (tertiary alicyclic amines) is 1. The van der Waals surface area contributed by atoms with E-state index in [4.69, 9.17) is 0 Å². The number of aromatic nitrogens is 1. The monoisotopic (exact) mass is 253 g/mol. The molecular weight excluding hydrogens is 234 g/mol. The maximum absolute atomic E-state index is 12.3. The van der Waals surface area contributed by atoms with Crippen molar-refractivity contribution in [3.05, 3.63) is 10.6 Å². The van der Waals surface area contributed by atoms with Crippen LogP contribution in [0.4, 0.5) is 5.13 Å². The van der Waals surface area contributed by atoms with Gasteiger partial charge in [-0.05, 0) is 25.7 Å². The molecule has 94 valence electrons. The number of hydrogen-bond donors (Lipinski definition) is 1. The summed E-state index contributed by atoms with van der Waals surface area (Å²) in [5.74, 6) is 0.892. The van der Waals surface area contributed by atoms with E-state index in [9.17, 15) is 4.79 Å². The summed E-state index contributed by atoms with van der Waals surface area (Å²) in [5, 5.41) is 3.81. The van der Waals surface area contributed by atoms with Gasteiger partial charge in [-0.1, -0.05) is 18.3 Å². The maximum Gasteiger partial charge on any atom is 0.265 e. The summed E-state index contributed by atoms with van der Waals surface area (Å²) >= 11 is 1.45. The maximum atomic E-state index is 12.3. The number of thiazole rings is 1. The topological polar surface area (TPSA) is 45.2 Å². The van der Waals surface area contributed by atoms with Gasteiger partial charge in [-0.3, -0.25) is 4.79 Å². The fourth-order valence-corrected chi connectivity index (χ4v) is 2.94. The first-order chi connectivity index (χ1) is 8.11. The van der Waals surface area contributed by atoms with E-state index in [1.807, 2.05) is 18.9 Å². The molecule has 0 spiro atoms. The zero-order valence-corrected chi connectivity index (χ0v) is 11.4. The van der Waals surface area contributed by atoms with Gasteiger partial charge in [-0.2, -0.15) is 0 Å². The number of nitrogens with one attached hydrogen (secondary N) is 1. The summed E-state index contributed by atoms with van der Waals surface area (Å²) in [6, 6.07) is 0. The molecule has 1 aliphatic rings. The highest BCUT2D eigenvalue weighted by atomic mass is 32.1. The number of nitrogens with zero attached hydrogens (tertiary/aromatic N) is 2. The van der Waals surface area contributed by atoms with E-state index in [0.717, 1.165) is 47.6 Å². The Morgan fingerprint density at radius 1 is 1.47 bits per heavy atom. The van der Waals surface area contributed by atoms with Crippen molar-refractivity contribution in [1.29, 1.82) is 0 Å². The van der Waals surface area contributed by atoms with Gasteiger partial charge in [0.1, 0.15) is 4.88 Å². The Morgan fingerprint density at radius 2 is 2.12 bits per heavy atom. The van der Waals surface area contributed by atoms with Gasteiger partial charge >= 0.3 is 0 Å². The molecule has 1 N–H and O–H groups in total. The zero-order valence-electron chi connectivity index (χ0n) is 10.6. The number of anilines is 1. The summed E-state index contributed by atoms with van der Waals surface area (Å²) in [7, 11) is 1.83. The number of carbonyl (C=O) groups is 1. The molecule has 17 heavy (non-hydrogen) atoms. The third-order valence-corrected chi connectivity index (χ3v) is 4.44. The molecule has 0 radical (unpaired) electrons. The van der Waals surface area contributed by atoms with Gasteiger partial charge in [-0.15, -0.1) is 0 Å². The fourth-order valence-electron chi connectivity index (χ4n) is 2.06. The van der Waals surface area contributed by atoms with Gasteiger partial charge in [-0.25, -0.2) is 4.98 Å². The first-order valence-corrected chi connectivity index (χ1v) is 6.88. The van der Waals surface area contributed by atoms with Crippen molar-refractivity contribution in [1.82, 2.24) is 9.88 Å². The number of amides is 1. The predicted octanol–water partition coefficient (Wildman–Crippen LogP) is 2.37. The Labute approximate surface area is 106 Å². The van der Waals surface area contributed by atoms with Crippen molar-refractivity contribution in [2.45, 2.75) is 26.7 Å². The number of rotatable bonds is 2. The molecule has 0 aliphatic carbocycles. The molecule has 2 rings (SSSR count). The van der Waals surface area contributed by atoms with Crippen LogP contribution < -0.4 is 5.32 Å². The van der Waals surface area contributed by atoms with E-state index >= 15 is 0 Å². The summed E-state index contributed by atoms with van der Waals surface area (Å²) < 4.78 is 0. The van der Waals surface area contributed by atoms with E-state index in [0.29, 0.717) is 0 Å². The molecule has 1 aromatic heterocycles. The second kappa shape index (κ2) is 5.04. The number of carbonyl (C=O) groups excluding carboxylic acids is 1. The lowest BCUT2D eigenvalue weighted by molar-refractivity contribution is 0.0701. The Morgan fingerprint density at radius 3 is 2.65 bits per heavy atom. The Bertz CT molecular complexity index is 408. The van der Waals surface area contributed by atoms with Crippen LogP contribution in [0.2, 0.25) is 0 Å². The molecule has 1 fully saturated rings. The molecule has 1 saturated heterocycles. The molecule has 1 aromatic rings. The smallest absolute Gasteiger partial charge is 0.265 e. The van der Waals surface area contributed by atoms with Gasteiger partial charge in [0.15, 0.2) is 5.13 Å². The van der Waals surface area contributed by atoms with Crippen molar-refractivity contribution in [2.24, 2.45) is 5.92 Å². The highest BCUT2D eigenvalue weighted by Gasteiger charge is 2.24. The summed E-state index contributed by atoms with van der Waals surface area (Å²) in [6.45, 7) is 5.91. The lowest BCUT2D eigenvalue weighted by Gasteiger charge is -2.29. The third kappa shape index (κ3) is 2.60. The van der Waals surface area contributed by atoms with Gasteiger partial charge in [0.2, 0.25) is 0 Å². The first-order valence-electron chi connectivity index (χ1n) is 6.06. The average molecular weight is 253 g/mol. The van der Waals surface area contributed by atoms with Crippen LogP contribution in [0.5, 0.6) is 0 Å². The molecule has 0 aromatic carbocycles. The number of hydrogen-bond acceptors (Lipinski definition) is 4. The summed E-state index contributed by atoms with van der Waals surface area (Å²) in [4.78, 5) is 19.4. The van der Waals surface area contributed by atoms with Gasteiger partial charge in [0, 0.05) is 20.1 Å². The van der Waals surface area contributed by atoms with Crippen LogP contribution in [0.25, 0.3) is 0 Å². The van der Waals surface area contributed by atoms with E-state index in [1.165, 1.54) is 11.3 Å². The van der Waals surface area contributed by atoms with Crippen LogP contribution in [0, 0.1) is 12.8 Å². The van der Waals surface area contributed by atoms with Gasteiger partial charge in [0.25, 0.3) is 5.91 Å². The molecule has 2 heterocycles. The normalized spacial score (nSPS) is 17.2. The van der Waals surface area contributed by atoms with Crippen LogP contribution in [0.3, 0.4) is 0 Å². The number of piperidine rings is 1. The van der Waals surface area contributed by atoms with Crippen molar-refractivity contribution in [3.63, 3.8) is 0 Å². The van der Waals surface area contributed by atoms with E-state index in [-0.39, 0.29) is 5.91 Å². The Balaban J connectivity index is 2.11. The average Bonchev–Trinajstić information content (AvgIpc) is 2.71. The Hall–Kier alpha value is -1.10. The Kier molecular flexibility index (Phi) is 3.66. The summed E-state index contributed by atoms with van der Waals surface area (Å²) in [5.41, 5.74) is 0.836. The van der Waals surface area contributed by atoms with E-state index in [2.05, 4.69) is 17.2 Å². The fraction of sp³-hybridized carbons (Fsp3) is 0.667. The lowest BCUT2D eigenvalue weighted by atomic mass is 9.99. The van der Waals surface area contributed by atoms with Crippen LogP contribution in [-0.4, -0.2) is 35.9 Å². The molecule has 1 amide bonds. The molecule has 0 unspecified atom stereocenters. The number of aryl methyl sites for hydroxylation is 1. The summed E-state index contributed by atoms with van der Waals surface area (Å²) in [6.07, 6.45) is 2.23. The first kappa shape index (κ1) is 12.4. The quantitative estimate of drug-likeness (QED) is 0.880. The molecule has 1 aliphatic heterocycles. The minimum Gasteiger partial charge on any atom is -0.365 e. The molecule has 0 atom stereocenters.